The highest BCUT2D eigenvalue weighted by Crippen LogP contribution is 2.14. The Balaban J connectivity index is 2.10. The number of rotatable bonds is 4. The van der Waals surface area contributed by atoms with Gasteiger partial charge in [-0.05, 0) is 32.9 Å². The average Bonchev–Trinajstić information content (AvgIpc) is 3.00. The highest BCUT2D eigenvalue weighted by atomic mass is 16.2. The summed E-state index contributed by atoms with van der Waals surface area (Å²) in [5.74, 6) is -0.0672. The highest BCUT2D eigenvalue weighted by Gasteiger charge is 2.16. The molecule has 2 aromatic heterocycles. The van der Waals surface area contributed by atoms with E-state index in [1.54, 1.807) is 12.4 Å². The van der Waals surface area contributed by atoms with E-state index in [9.17, 15) is 4.79 Å². The molecule has 1 unspecified atom stereocenters. The van der Waals surface area contributed by atoms with Gasteiger partial charge in [0.05, 0.1) is 12.2 Å². The maximum absolute atomic E-state index is 12.2. The van der Waals surface area contributed by atoms with Gasteiger partial charge in [0.2, 0.25) is 0 Å². The van der Waals surface area contributed by atoms with Gasteiger partial charge in [-0.1, -0.05) is 0 Å². The van der Waals surface area contributed by atoms with Crippen LogP contribution in [0.1, 0.15) is 48.9 Å². The summed E-state index contributed by atoms with van der Waals surface area (Å²) in [6.07, 6.45) is 5.42. The first-order chi connectivity index (χ1) is 8.59. The van der Waals surface area contributed by atoms with Crippen LogP contribution in [0, 0.1) is 0 Å². The van der Waals surface area contributed by atoms with Gasteiger partial charge in [-0.2, -0.15) is 5.10 Å². The Morgan fingerprint density at radius 3 is 2.83 bits per heavy atom. The minimum atomic E-state index is -0.0672. The fourth-order valence-corrected chi connectivity index (χ4v) is 1.89. The number of H-pyrrole nitrogens is 1. The molecule has 0 aliphatic heterocycles. The van der Waals surface area contributed by atoms with E-state index in [0.717, 1.165) is 5.56 Å². The van der Waals surface area contributed by atoms with E-state index in [1.807, 2.05) is 29.8 Å². The molecule has 18 heavy (non-hydrogen) atoms. The minimum Gasteiger partial charge on any atom is -0.344 e. The second-order valence-corrected chi connectivity index (χ2v) is 4.62. The molecule has 96 valence electrons. The number of aromatic amines is 1. The Labute approximate surface area is 106 Å². The van der Waals surface area contributed by atoms with Gasteiger partial charge in [0.25, 0.3) is 5.91 Å². The van der Waals surface area contributed by atoms with E-state index < -0.39 is 0 Å². The molecule has 0 fully saturated rings. The van der Waals surface area contributed by atoms with E-state index in [1.165, 1.54) is 0 Å². The summed E-state index contributed by atoms with van der Waals surface area (Å²) in [7, 11) is 0. The predicted octanol–water partition coefficient (Wildman–Crippen LogP) is 2.28. The fourth-order valence-electron chi connectivity index (χ4n) is 1.89. The van der Waals surface area contributed by atoms with Crippen molar-refractivity contribution >= 4 is 5.91 Å². The van der Waals surface area contributed by atoms with Crippen LogP contribution < -0.4 is 5.32 Å². The molecule has 5 heteroatoms. The maximum atomic E-state index is 12.2. The molecule has 1 atom stereocenters. The van der Waals surface area contributed by atoms with Crippen molar-refractivity contribution in [3.05, 3.63) is 42.0 Å². The van der Waals surface area contributed by atoms with Gasteiger partial charge in [0.1, 0.15) is 5.69 Å². The summed E-state index contributed by atoms with van der Waals surface area (Å²) in [5.41, 5.74) is 1.64. The van der Waals surface area contributed by atoms with E-state index in [0.29, 0.717) is 5.69 Å². The third kappa shape index (κ3) is 2.45. The molecule has 0 saturated carbocycles. The van der Waals surface area contributed by atoms with Crippen molar-refractivity contribution in [3.63, 3.8) is 0 Å². The van der Waals surface area contributed by atoms with E-state index in [4.69, 9.17) is 0 Å². The first-order valence-corrected chi connectivity index (χ1v) is 6.06. The Bertz CT molecular complexity index is 513. The van der Waals surface area contributed by atoms with Crippen LogP contribution in [0.2, 0.25) is 0 Å². The lowest BCUT2D eigenvalue weighted by molar-refractivity contribution is 0.0929. The molecular formula is C13H18N4O. The predicted molar refractivity (Wildman–Crippen MR) is 69.3 cm³/mol. The second-order valence-electron chi connectivity index (χ2n) is 4.62. The molecule has 0 saturated heterocycles. The first-order valence-electron chi connectivity index (χ1n) is 6.06. The van der Waals surface area contributed by atoms with Crippen LogP contribution in [0.5, 0.6) is 0 Å². The summed E-state index contributed by atoms with van der Waals surface area (Å²) in [6, 6.07) is 3.92. The number of carbonyl (C=O) groups is 1. The Kier molecular flexibility index (Phi) is 3.50. The number of hydrogen-bond donors (Lipinski definition) is 2. The van der Waals surface area contributed by atoms with Crippen molar-refractivity contribution in [2.24, 2.45) is 0 Å². The fraction of sp³-hybridized carbons (Fsp3) is 0.385. The van der Waals surface area contributed by atoms with Crippen molar-refractivity contribution in [2.45, 2.75) is 32.9 Å². The van der Waals surface area contributed by atoms with E-state index in [-0.39, 0.29) is 18.0 Å². The molecule has 2 heterocycles. The summed E-state index contributed by atoms with van der Waals surface area (Å²) < 4.78 is 1.96. The average molecular weight is 246 g/mol. The largest absolute Gasteiger partial charge is 0.344 e. The number of hydrogen-bond acceptors (Lipinski definition) is 2. The zero-order valence-electron chi connectivity index (χ0n) is 10.8. The number of aromatic nitrogens is 3. The monoisotopic (exact) mass is 246 g/mol. The number of amides is 1. The molecule has 0 radical (unpaired) electrons. The van der Waals surface area contributed by atoms with Gasteiger partial charge in [-0.15, -0.1) is 0 Å². The molecule has 0 aromatic carbocycles. The normalized spacial score (nSPS) is 12.7. The molecule has 2 rings (SSSR count). The number of nitrogens with one attached hydrogen (secondary N) is 2. The van der Waals surface area contributed by atoms with E-state index >= 15 is 0 Å². The standard InChI is InChI=1S/C13H18N4O/c1-9(2)17-6-4-5-12(17)13(18)16-10(3)11-7-14-15-8-11/h4-10H,1-3H3,(H,14,15)(H,16,18). The zero-order valence-corrected chi connectivity index (χ0v) is 10.8. The van der Waals surface area contributed by atoms with Crippen molar-refractivity contribution in [3.8, 4) is 0 Å². The van der Waals surface area contributed by atoms with Crippen molar-refractivity contribution in [1.82, 2.24) is 20.1 Å². The molecule has 0 aliphatic carbocycles. The topological polar surface area (TPSA) is 62.7 Å². The van der Waals surface area contributed by atoms with Gasteiger partial charge in [-0.25, -0.2) is 0 Å². The Morgan fingerprint density at radius 2 is 2.22 bits per heavy atom. The lowest BCUT2D eigenvalue weighted by atomic mass is 10.2. The number of nitrogens with zero attached hydrogens (tertiary/aromatic N) is 2. The first kappa shape index (κ1) is 12.4. The van der Waals surface area contributed by atoms with Gasteiger partial charge in [0.15, 0.2) is 0 Å². The van der Waals surface area contributed by atoms with E-state index in [2.05, 4.69) is 29.4 Å². The smallest absolute Gasteiger partial charge is 0.268 e. The summed E-state index contributed by atoms with van der Waals surface area (Å²) in [6.45, 7) is 6.04. The second kappa shape index (κ2) is 5.08. The molecule has 2 aromatic rings. The van der Waals surface area contributed by atoms with Crippen LogP contribution in [0.15, 0.2) is 30.7 Å². The molecule has 0 aliphatic rings. The molecule has 0 spiro atoms. The summed E-state index contributed by atoms with van der Waals surface area (Å²) in [5, 5.41) is 9.58. The Hall–Kier alpha value is -2.04. The maximum Gasteiger partial charge on any atom is 0.268 e. The van der Waals surface area contributed by atoms with Gasteiger partial charge in [-0.3, -0.25) is 9.89 Å². The van der Waals surface area contributed by atoms with Crippen LogP contribution in [0.25, 0.3) is 0 Å². The summed E-state index contributed by atoms with van der Waals surface area (Å²) >= 11 is 0. The SMILES string of the molecule is CC(NC(=O)c1cccn1C(C)C)c1cn[nH]c1. The van der Waals surface area contributed by atoms with Crippen LogP contribution >= 0.6 is 0 Å². The molecule has 2 N–H and O–H groups in total. The minimum absolute atomic E-state index is 0.0632. The van der Waals surface area contributed by atoms with Crippen molar-refractivity contribution in [2.75, 3.05) is 0 Å². The zero-order chi connectivity index (χ0) is 13.1. The van der Waals surface area contributed by atoms with Crippen LogP contribution in [0.4, 0.5) is 0 Å². The molecule has 0 bridgehead atoms. The lowest BCUT2D eigenvalue weighted by Crippen LogP contribution is -2.28. The number of carbonyl (C=O) groups excluding carboxylic acids is 1. The third-order valence-electron chi connectivity index (χ3n) is 2.93. The van der Waals surface area contributed by atoms with Crippen LogP contribution in [0.3, 0.4) is 0 Å². The molecule has 1 amide bonds. The van der Waals surface area contributed by atoms with Crippen LogP contribution in [-0.2, 0) is 0 Å². The molecular weight excluding hydrogens is 228 g/mol. The summed E-state index contributed by atoms with van der Waals surface area (Å²) in [4.78, 5) is 12.2. The van der Waals surface area contributed by atoms with Gasteiger partial charge >= 0.3 is 0 Å². The molecule has 5 nitrogen and oxygen atoms in total. The third-order valence-corrected chi connectivity index (χ3v) is 2.93. The Morgan fingerprint density at radius 1 is 1.44 bits per heavy atom. The van der Waals surface area contributed by atoms with Gasteiger partial charge < -0.3 is 9.88 Å². The van der Waals surface area contributed by atoms with Crippen molar-refractivity contribution in [1.29, 1.82) is 0 Å². The lowest BCUT2D eigenvalue weighted by Gasteiger charge is -2.15. The van der Waals surface area contributed by atoms with Crippen LogP contribution in [-0.4, -0.2) is 20.7 Å². The quantitative estimate of drug-likeness (QED) is 0.869. The van der Waals surface area contributed by atoms with Gasteiger partial charge in [0, 0.05) is 24.0 Å². The highest BCUT2D eigenvalue weighted by molar-refractivity contribution is 5.93. The van der Waals surface area contributed by atoms with Crippen molar-refractivity contribution < 1.29 is 4.79 Å².